The van der Waals surface area contributed by atoms with Gasteiger partial charge in [0.05, 0.1) is 5.56 Å². The fraction of sp³-hybridized carbons (Fsp3) is 0.462. The Balaban J connectivity index is 0.00000128. The van der Waals surface area contributed by atoms with Crippen molar-refractivity contribution in [2.24, 2.45) is 0 Å². The van der Waals surface area contributed by atoms with Crippen molar-refractivity contribution < 1.29 is 9.53 Å². The van der Waals surface area contributed by atoms with Crippen LogP contribution in [0.2, 0.25) is 0 Å². The van der Waals surface area contributed by atoms with Crippen molar-refractivity contribution in [3.63, 3.8) is 0 Å². The molecule has 1 saturated carbocycles. The molecule has 1 aromatic rings. The molecule has 0 atom stereocenters. The zero-order valence-corrected chi connectivity index (χ0v) is 10.0. The van der Waals surface area contributed by atoms with Gasteiger partial charge in [-0.1, -0.05) is 24.6 Å². The van der Waals surface area contributed by atoms with Gasteiger partial charge in [0.15, 0.2) is 0 Å². The molecule has 2 rings (SSSR count). The first-order valence-electron chi connectivity index (χ1n) is 5.62. The Kier molecular flexibility index (Phi) is 5.33. The van der Waals surface area contributed by atoms with Crippen LogP contribution in [-0.2, 0) is 4.74 Å². The van der Waals surface area contributed by atoms with E-state index in [-0.39, 0.29) is 24.5 Å². The molecule has 16 heavy (non-hydrogen) atoms. The van der Waals surface area contributed by atoms with Crippen LogP contribution >= 0.6 is 12.4 Å². The molecule has 0 radical (unpaired) electrons. The zero-order chi connectivity index (χ0) is 10.5. The van der Waals surface area contributed by atoms with E-state index in [1.54, 1.807) is 12.1 Å². The number of rotatable bonds is 2. The SMILES string of the molecule is Cl.O=C(OC1CCCCC1)c1ccccc1. The van der Waals surface area contributed by atoms with E-state index in [1.807, 2.05) is 18.2 Å². The summed E-state index contributed by atoms with van der Waals surface area (Å²) in [7, 11) is 0. The fourth-order valence-corrected chi connectivity index (χ4v) is 1.98. The van der Waals surface area contributed by atoms with E-state index < -0.39 is 0 Å². The molecule has 1 aliphatic rings. The molecule has 0 bridgehead atoms. The summed E-state index contributed by atoms with van der Waals surface area (Å²) in [5, 5.41) is 0. The summed E-state index contributed by atoms with van der Waals surface area (Å²) >= 11 is 0. The van der Waals surface area contributed by atoms with Gasteiger partial charge in [-0.25, -0.2) is 4.79 Å². The lowest BCUT2D eigenvalue weighted by Crippen LogP contribution is -2.20. The van der Waals surface area contributed by atoms with Crippen LogP contribution in [0.25, 0.3) is 0 Å². The monoisotopic (exact) mass is 240 g/mol. The molecule has 1 fully saturated rings. The second kappa shape index (κ2) is 6.54. The number of hydrogen-bond acceptors (Lipinski definition) is 2. The highest BCUT2D eigenvalue weighted by Gasteiger charge is 2.18. The van der Waals surface area contributed by atoms with E-state index in [4.69, 9.17) is 4.74 Å². The molecule has 3 heteroatoms. The highest BCUT2D eigenvalue weighted by atomic mass is 35.5. The largest absolute Gasteiger partial charge is 0.459 e. The predicted molar refractivity (Wildman–Crippen MR) is 66.0 cm³/mol. The van der Waals surface area contributed by atoms with Crippen molar-refractivity contribution in [2.75, 3.05) is 0 Å². The van der Waals surface area contributed by atoms with E-state index in [0.717, 1.165) is 12.8 Å². The number of carbonyl (C=O) groups is 1. The summed E-state index contributed by atoms with van der Waals surface area (Å²) in [5.74, 6) is -0.178. The van der Waals surface area contributed by atoms with Crippen molar-refractivity contribution in [3.05, 3.63) is 35.9 Å². The van der Waals surface area contributed by atoms with Gasteiger partial charge in [-0.15, -0.1) is 12.4 Å². The van der Waals surface area contributed by atoms with E-state index in [0.29, 0.717) is 5.56 Å². The van der Waals surface area contributed by atoms with E-state index in [1.165, 1.54) is 19.3 Å². The van der Waals surface area contributed by atoms with Crippen LogP contribution in [0.1, 0.15) is 42.5 Å². The molecule has 0 aliphatic heterocycles. The standard InChI is InChI=1S/C13H16O2.ClH/c14-13(11-7-3-1-4-8-11)15-12-9-5-2-6-10-12;/h1,3-4,7-8,12H,2,5-6,9-10H2;1H. The summed E-state index contributed by atoms with van der Waals surface area (Å²) in [6.07, 6.45) is 5.85. The van der Waals surface area contributed by atoms with Crippen LogP contribution in [0, 0.1) is 0 Å². The lowest BCUT2D eigenvalue weighted by atomic mass is 9.98. The third-order valence-electron chi connectivity index (χ3n) is 2.84. The molecular formula is C13H17ClO2. The van der Waals surface area contributed by atoms with Crippen molar-refractivity contribution in [2.45, 2.75) is 38.2 Å². The third-order valence-corrected chi connectivity index (χ3v) is 2.84. The average Bonchev–Trinajstić information content (AvgIpc) is 2.31. The van der Waals surface area contributed by atoms with Crippen LogP contribution in [-0.4, -0.2) is 12.1 Å². The summed E-state index contributed by atoms with van der Waals surface area (Å²) in [6.45, 7) is 0. The first kappa shape index (κ1) is 13.0. The van der Waals surface area contributed by atoms with Crippen LogP contribution in [0.4, 0.5) is 0 Å². The Labute approximate surface area is 102 Å². The number of esters is 1. The van der Waals surface area contributed by atoms with Crippen LogP contribution in [0.5, 0.6) is 0 Å². The van der Waals surface area contributed by atoms with Crippen molar-refractivity contribution >= 4 is 18.4 Å². The minimum Gasteiger partial charge on any atom is -0.459 e. The first-order chi connectivity index (χ1) is 7.36. The molecule has 0 saturated heterocycles. The fourth-order valence-electron chi connectivity index (χ4n) is 1.98. The Morgan fingerprint density at radius 3 is 2.31 bits per heavy atom. The first-order valence-corrected chi connectivity index (χ1v) is 5.62. The number of carbonyl (C=O) groups excluding carboxylic acids is 1. The maximum Gasteiger partial charge on any atom is 0.338 e. The minimum absolute atomic E-state index is 0. The number of ether oxygens (including phenoxy) is 1. The van der Waals surface area contributed by atoms with Crippen molar-refractivity contribution in [1.82, 2.24) is 0 Å². The van der Waals surface area contributed by atoms with Gasteiger partial charge in [-0.2, -0.15) is 0 Å². The Bertz CT molecular complexity index is 318. The van der Waals surface area contributed by atoms with Gasteiger partial charge in [0.25, 0.3) is 0 Å². The Hall–Kier alpha value is -1.02. The molecule has 88 valence electrons. The smallest absolute Gasteiger partial charge is 0.338 e. The van der Waals surface area contributed by atoms with Crippen LogP contribution in [0.15, 0.2) is 30.3 Å². The Morgan fingerprint density at radius 2 is 1.69 bits per heavy atom. The molecular weight excluding hydrogens is 224 g/mol. The van der Waals surface area contributed by atoms with Gasteiger partial charge in [-0.3, -0.25) is 0 Å². The van der Waals surface area contributed by atoms with Gasteiger partial charge >= 0.3 is 5.97 Å². The molecule has 1 aromatic carbocycles. The highest BCUT2D eigenvalue weighted by molar-refractivity contribution is 5.89. The van der Waals surface area contributed by atoms with Crippen molar-refractivity contribution in [1.29, 1.82) is 0 Å². The molecule has 0 aromatic heterocycles. The van der Waals surface area contributed by atoms with Crippen LogP contribution < -0.4 is 0 Å². The lowest BCUT2D eigenvalue weighted by Gasteiger charge is -2.21. The summed E-state index contributed by atoms with van der Waals surface area (Å²) in [6, 6.07) is 9.21. The normalized spacial score (nSPS) is 16.2. The molecule has 2 nitrogen and oxygen atoms in total. The van der Waals surface area contributed by atoms with E-state index >= 15 is 0 Å². The summed E-state index contributed by atoms with van der Waals surface area (Å²) in [4.78, 5) is 11.7. The van der Waals surface area contributed by atoms with Crippen LogP contribution in [0.3, 0.4) is 0 Å². The topological polar surface area (TPSA) is 26.3 Å². The molecule has 0 amide bonds. The minimum atomic E-state index is -0.178. The number of halogens is 1. The maximum absolute atomic E-state index is 11.7. The second-order valence-corrected chi connectivity index (χ2v) is 4.03. The van der Waals surface area contributed by atoms with Gasteiger partial charge in [0.2, 0.25) is 0 Å². The summed E-state index contributed by atoms with van der Waals surface area (Å²) < 4.78 is 5.44. The average molecular weight is 241 g/mol. The quantitative estimate of drug-likeness (QED) is 0.739. The zero-order valence-electron chi connectivity index (χ0n) is 9.22. The second-order valence-electron chi connectivity index (χ2n) is 4.03. The van der Waals surface area contributed by atoms with Gasteiger partial charge < -0.3 is 4.74 Å². The molecule has 0 unspecified atom stereocenters. The summed E-state index contributed by atoms with van der Waals surface area (Å²) in [5.41, 5.74) is 0.656. The molecule has 0 spiro atoms. The van der Waals surface area contributed by atoms with Gasteiger partial charge in [-0.05, 0) is 37.8 Å². The lowest BCUT2D eigenvalue weighted by molar-refractivity contribution is 0.0211. The highest BCUT2D eigenvalue weighted by Crippen LogP contribution is 2.21. The molecule has 1 aliphatic carbocycles. The van der Waals surface area contributed by atoms with Gasteiger partial charge in [0.1, 0.15) is 6.10 Å². The third kappa shape index (κ3) is 3.53. The number of hydrogen-bond donors (Lipinski definition) is 0. The maximum atomic E-state index is 11.7. The van der Waals surface area contributed by atoms with Gasteiger partial charge in [0, 0.05) is 0 Å². The number of benzene rings is 1. The van der Waals surface area contributed by atoms with E-state index in [9.17, 15) is 4.79 Å². The molecule has 0 heterocycles. The predicted octanol–water partition coefficient (Wildman–Crippen LogP) is 3.60. The molecule has 0 N–H and O–H groups in total. The van der Waals surface area contributed by atoms with Crippen molar-refractivity contribution in [3.8, 4) is 0 Å². The van der Waals surface area contributed by atoms with E-state index in [2.05, 4.69) is 0 Å². The Morgan fingerprint density at radius 1 is 1.06 bits per heavy atom.